The summed E-state index contributed by atoms with van der Waals surface area (Å²) >= 11 is 0. The number of rotatable bonds is 10. The zero-order valence-corrected chi connectivity index (χ0v) is 24.2. The molecule has 5 rings (SSSR count). The van der Waals surface area contributed by atoms with E-state index in [1.54, 1.807) is 12.3 Å². The van der Waals surface area contributed by atoms with Gasteiger partial charge >= 0.3 is 0 Å². The number of hydrogen-bond acceptors (Lipinski definition) is 6. The lowest BCUT2D eigenvalue weighted by Crippen LogP contribution is -2.71. The van der Waals surface area contributed by atoms with E-state index >= 15 is 0 Å². The maximum atomic E-state index is 14.3. The number of anilines is 1. The number of hydrogen-bond donors (Lipinski definition) is 1. The number of amides is 1. The summed E-state index contributed by atoms with van der Waals surface area (Å²) < 4.78 is 32.8. The molecule has 1 saturated heterocycles. The highest BCUT2D eigenvalue weighted by Crippen LogP contribution is 2.34. The van der Waals surface area contributed by atoms with E-state index in [4.69, 9.17) is 4.52 Å². The normalized spacial score (nSPS) is 19.1. The van der Waals surface area contributed by atoms with Crippen LogP contribution in [0.1, 0.15) is 50.0 Å². The molecule has 0 spiro atoms. The quantitative estimate of drug-likeness (QED) is 0.265. The van der Waals surface area contributed by atoms with Gasteiger partial charge < -0.3 is 14.7 Å². The van der Waals surface area contributed by atoms with E-state index in [1.165, 1.54) is 17.7 Å². The van der Waals surface area contributed by atoms with Gasteiger partial charge in [-0.1, -0.05) is 61.5 Å². The molecular weight excluding hydrogens is 550 g/mol. The molecule has 222 valence electrons. The van der Waals surface area contributed by atoms with Crippen LogP contribution in [0.15, 0.2) is 101 Å². The van der Waals surface area contributed by atoms with E-state index in [-0.39, 0.29) is 34.6 Å². The van der Waals surface area contributed by atoms with Crippen LogP contribution in [-0.4, -0.2) is 40.5 Å². The lowest BCUT2D eigenvalue weighted by Gasteiger charge is -2.50. The molecule has 3 aromatic rings. The van der Waals surface area contributed by atoms with Crippen molar-refractivity contribution in [1.82, 2.24) is 15.5 Å². The van der Waals surface area contributed by atoms with E-state index in [0.29, 0.717) is 19.5 Å². The fourth-order valence-corrected chi connectivity index (χ4v) is 5.36. The second kappa shape index (κ2) is 12.7. The van der Waals surface area contributed by atoms with Crippen molar-refractivity contribution >= 4 is 17.5 Å². The summed E-state index contributed by atoms with van der Waals surface area (Å²) in [6, 6.07) is 9.91. The van der Waals surface area contributed by atoms with Gasteiger partial charge in [-0.15, -0.1) is 0 Å². The molecule has 1 fully saturated rings. The second-order valence-electron chi connectivity index (χ2n) is 11.6. The number of nitrogens with zero attached hydrogens (tertiary/aromatic N) is 3. The van der Waals surface area contributed by atoms with Gasteiger partial charge in [0.15, 0.2) is 17.2 Å². The van der Waals surface area contributed by atoms with Crippen LogP contribution in [0.2, 0.25) is 0 Å². The molecule has 0 saturated carbocycles. The molecule has 0 radical (unpaired) electrons. The molecule has 1 aliphatic carbocycles. The molecule has 0 atom stereocenters. The van der Waals surface area contributed by atoms with Gasteiger partial charge in [0, 0.05) is 37.8 Å². The molecule has 2 aromatic heterocycles. The number of ketones is 1. The Morgan fingerprint density at radius 1 is 1.12 bits per heavy atom. The van der Waals surface area contributed by atoms with Gasteiger partial charge in [-0.3, -0.25) is 9.59 Å². The average molecular weight is 585 g/mol. The molecule has 0 unspecified atom stereocenters. The fraction of sp³-hybridized carbons (Fsp3) is 0.294. The maximum Gasteiger partial charge on any atom is 0.274 e. The van der Waals surface area contributed by atoms with Crippen LogP contribution in [-0.2, 0) is 4.79 Å². The van der Waals surface area contributed by atoms with Crippen LogP contribution in [0, 0.1) is 17.0 Å². The van der Waals surface area contributed by atoms with E-state index in [1.807, 2.05) is 35.3 Å². The fourth-order valence-electron chi connectivity index (χ4n) is 5.36. The molecule has 7 nitrogen and oxygen atoms in total. The zero-order chi connectivity index (χ0) is 30.5. The van der Waals surface area contributed by atoms with Crippen LogP contribution < -0.4 is 10.2 Å². The Morgan fingerprint density at radius 2 is 1.95 bits per heavy atom. The zero-order valence-electron chi connectivity index (χ0n) is 24.2. The highest BCUT2D eigenvalue weighted by molar-refractivity contribution is 5.96. The van der Waals surface area contributed by atoms with Crippen molar-refractivity contribution < 1.29 is 22.9 Å². The van der Waals surface area contributed by atoms with Crippen molar-refractivity contribution in [3.63, 3.8) is 0 Å². The molecule has 1 aromatic carbocycles. The predicted octanol–water partition coefficient (Wildman–Crippen LogP) is 6.77. The first kappa shape index (κ1) is 29.8. The van der Waals surface area contributed by atoms with E-state index < -0.39 is 23.1 Å². The Balaban J connectivity index is 1.28. The lowest BCUT2D eigenvalue weighted by atomic mass is 9.79. The van der Waals surface area contributed by atoms with Gasteiger partial charge in [0.1, 0.15) is 17.5 Å². The van der Waals surface area contributed by atoms with E-state index in [9.17, 15) is 18.4 Å². The van der Waals surface area contributed by atoms with Crippen LogP contribution in [0.25, 0.3) is 11.3 Å². The van der Waals surface area contributed by atoms with Crippen molar-refractivity contribution in [3.05, 3.63) is 114 Å². The van der Waals surface area contributed by atoms with Crippen LogP contribution in [0.5, 0.6) is 0 Å². The standard InChI is InChI=1S/C34H34F2N4O3/c1-33(2,24-11-6-4-3-5-7-12-24)17-10-13-26(41)21-34(22-40(23-34)31-14-8-9-18-37-31)38-32(42)29-20-30(43-39-29)27-16-15-25(35)19-28(27)36/h3-4,6,8-16,18-20H,5,7,17,21-23H2,1-2H3,(H,38,42)/b4-3+,11-6-,13-10+,24-12+. The molecule has 3 heterocycles. The van der Waals surface area contributed by atoms with Crippen molar-refractivity contribution in [3.8, 4) is 11.3 Å². The van der Waals surface area contributed by atoms with Gasteiger partial charge in [0.25, 0.3) is 5.91 Å². The Morgan fingerprint density at radius 3 is 2.72 bits per heavy atom. The molecule has 1 amide bonds. The Hall–Kier alpha value is -4.66. The molecule has 2 aliphatic rings. The number of benzene rings is 1. The summed E-state index contributed by atoms with van der Waals surface area (Å²) in [5.41, 5.74) is 0.122. The largest absolute Gasteiger partial charge is 0.355 e. The molecule has 0 bridgehead atoms. The molecule has 43 heavy (non-hydrogen) atoms. The Kier molecular flexibility index (Phi) is 8.80. The number of allylic oxidation sites excluding steroid dienone is 8. The summed E-state index contributed by atoms with van der Waals surface area (Å²) in [5.74, 6) is -1.50. The third-order valence-corrected chi connectivity index (χ3v) is 7.72. The average Bonchev–Trinajstić information content (AvgIpc) is 3.41. The first-order chi connectivity index (χ1) is 20.6. The minimum Gasteiger partial charge on any atom is -0.355 e. The van der Waals surface area contributed by atoms with Crippen LogP contribution in [0.3, 0.4) is 0 Å². The van der Waals surface area contributed by atoms with Crippen molar-refractivity contribution in [2.45, 2.75) is 45.1 Å². The van der Waals surface area contributed by atoms with Gasteiger partial charge in [0.2, 0.25) is 0 Å². The molecule has 1 aliphatic heterocycles. The lowest BCUT2D eigenvalue weighted by molar-refractivity contribution is -0.116. The minimum absolute atomic E-state index is 0.00711. The Labute approximate surface area is 249 Å². The van der Waals surface area contributed by atoms with Gasteiger partial charge in [-0.25, -0.2) is 13.8 Å². The van der Waals surface area contributed by atoms with Crippen LogP contribution in [0.4, 0.5) is 14.6 Å². The van der Waals surface area contributed by atoms with Crippen LogP contribution >= 0.6 is 0 Å². The summed E-state index contributed by atoms with van der Waals surface area (Å²) in [5, 5.41) is 6.77. The SMILES string of the molecule is CC(C)(C/C=C/C(=O)CC1(NC(=O)c2cc(-c3ccc(F)cc3F)on2)CN(c2ccccn2)C1)C1=C/CC/C=C/C=C\1. The predicted molar refractivity (Wildman–Crippen MR) is 161 cm³/mol. The summed E-state index contributed by atoms with van der Waals surface area (Å²) in [6.45, 7) is 5.05. The number of pyridine rings is 1. The highest BCUT2D eigenvalue weighted by Gasteiger charge is 2.46. The molecule has 9 heteroatoms. The van der Waals surface area contributed by atoms with E-state index in [2.05, 4.69) is 53.6 Å². The highest BCUT2D eigenvalue weighted by atomic mass is 19.1. The third-order valence-electron chi connectivity index (χ3n) is 7.72. The molecular formula is C34H34F2N4O3. The summed E-state index contributed by atoms with van der Waals surface area (Å²) in [4.78, 5) is 32.8. The Bertz CT molecular complexity index is 1600. The summed E-state index contributed by atoms with van der Waals surface area (Å²) in [7, 11) is 0. The van der Waals surface area contributed by atoms with Crippen molar-refractivity contribution in [1.29, 1.82) is 0 Å². The first-order valence-electron chi connectivity index (χ1n) is 14.3. The summed E-state index contributed by atoms with van der Waals surface area (Å²) in [6.07, 6.45) is 18.5. The third kappa shape index (κ3) is 7.23. The van der Waals surface area contributed by atoms with Gasteiger partial charge in [0.05, 0.1) is 11.1 Å². The maximum absolute atomic E-state index is 14.3. The van der Waals surface area contributed by atoms with Gasteiger partial charge in [-0.2, -0.15) is 0 Å². The first-order valence-corrected chi connectivity index (χ1v) is 14.3. The molecule has 1 N–H and O–H groups in total. The monoisotopic (exact) mass is 584 g/mol. The topological polar surface area (TPSA) is 88.3 Å². The number of carbonyl (C=O) groups excluding carboxylic acids is 2. The number of nitrogens with one attached hydrogen (secondary N) is 1. The van der Waals surface area contributed by atoms with Crippen molar-refractivity contribution in [2.24, 2.45) is 5.41 Å². The minimum atomic E-state index is -0.872. The second-order valence-corrected chi connectivity index (χ2v) is 11.6. The smallest absolute Gasteiger partial charge is 0.274 e. The number of halogens is 2. The number of carbonyl (C=O) groups is 2. The van der Waals surface area contributed by atoms with Gasteiger partial charge in [-0.05, 0) is 60.6 Å². The number of aromatic nitrogens is 2. The van der Waals surface area contributed by atoms with Crippen molar-refractivity contribution in [2.75, 3.05) is 18.0 Å². The van der Waals surface area contributed by atoms with E-state index in [0.717, 1.165) is 30.8 Å².